The first-order chi connectivity index (χ1) is 12.8. The highest BCUT2D eigenvalue weighted by atomic mass is 35.5. The van der Waals surface area contributed by atoms with Gasteiger partial charge in [0.1, 0.15) is 0 Å². The smallest absolute Gasteiger partial charge is 0.274 e. The van der Waals surface area contributed by atoms with Gasteiger partial charge in [-0.3, -0.25) is 10.1 Å². The third-order valence-electron chi connectivity index (χ3n) is 5.55. The molecule has 0 fully saturated rings. The van der Waals surface area contributed by atoms with Gasteiger partial charge in [-0.2, -0.15) is 0 Å². The lowest BCUT2D eigenvalue weighted by Gasteiger charge is -2.38. The molecule has 0 N–H and O–H groups in total. The summed E-state index contributed by atoms with van der Waals surface area (Å²) in [5, 5.41) is 12.1. The monoisotopic (exact) mass is 382 g/mol. The van der Waals surface area contributed by atoms with E-state index in [2.05, 4.69) is 38.7 Å². The van der Waals surface area contributed by atoms with E-state index in [1.807, 2.05) is 30.3 Å². The van der Waals surface area contributed by atoms with Crippen molar-refractivity contribution >= 4 is 17.3 Å². The maximum Gasteiger partial charge on any atom is 0.274 e. The number of hydrogen-bond donors (Lipinski definition) is 0. The molecule has 0 amide bonds. The first kappa shape index (κ1) is 19.2. The number of benzene rings is 2. The Balaban J connectivity index is 2.04. The van der Waals surface area contributed by atoms with Crippen LogP contribution in [0.2, 0.25) is 5.02 Å². The van der Waals surface area contributed by atoms with Crippen LogP contribution < -0.4 is 0 Å². The third kappa shape index (κ3) is 3.50. The van der Waals surface area contributed by atoms with Gasteiger partial charge in [-0.25, -0.2) is 0 Å². The number of allylic oxidation sites excluding steroid dienone is 4. The summed E-state index contributed by atoms with van der Waals surface area (Å²) in [5.74, 6) is 0.126. The van der Waals surface area contributed by atoms with Crippen LogP contribution in [0.15, 0.2) is 71.1 Å². The van der Waals surface area contributed by atoms with Crippen LogP contribution in [0.4, 0.5) is 5.69 Å². The molecule has 0 bridgehead atoms. The van der Waals surface area contributed by atoms with E-state index in [1.54, 1.807) is 12.1 Å². The highest BCUT2D eigenvalue weighted by Crippen LogP contribution is 2.43. The molecule has 27 heavy (non-hydrogen) atoms. The molecule has 0 unspecified atom stereocenters. The number of nitro benzene ring substituents is 1. The van der Waals surface area contributed by atoms with Crippen molar-refractivity contribution < 1.29 is 4.92 Å². The molecule has 0 aliphatic carbocycles. The van der Waals surface area contributed by atoms with Gasteiger partial charge in [0.2, 0.25) is 0 Å². The lowest BCUT2D eigenvalue weighted by molar-refractivity contribution is -0.385. The summed E-state index contributed by atoms with van der Waals surface area (Å²) in [6.07, 6.45) is 0. The molecule has 2 aromatic rings. The van der Waals surface area contributed by atoms with Gasteiger partial charge in [0, 0.05) is 34.0 Å². The zero-order chi connectivity index (χ0) is 19.7. The zero-order valence-electron chi connectivity index (χ0n) is 16.0. The van der Waals surface area contributed by atoms with Crippen molar-refractivity contribution in [3.63, 3.8) is 0 Å². The number of hydrogen-bond acceptors (Lipinski definition) is 3. The van der Waals surface area contributed by atoms with Crippen LogP contribution in [-0.2, 0) is 6.54 Å². The molecule has 5 heteroatoms. The molecule has 4 nitrogen and oxygen atoms in total. The Morgan fingerprint density at radius 2 is 1.52 bits per heavy atom. The predicted molar refractivity (Wildman–Crippen MR) is 110 cm³/mol. The van der Waals surface area contributed by atoms with Gasteiger partial charge in [0.15, 0.2) is 0 Å². The molecule has 0 aromatic heterocycles. The van der Waals surface area contributed by atoms with Gasteiger partial charge in [-0.05, 0) is 50.5 Å². The Hall–Kier alpha value is -2.59. The SMILES string of the molecule is CC1=C(C)N(Cc2ccccc2[N+](=O)[O-])C(C)=C(C)C1c1ccccc1Cl. The normalized spacial score (nSPS) is 15.5. The summed E-state index contributed by atoms with van der Waals surface area (Å²) in [7, 11) is 0. The maximum absolute atomic E-state index is 11.4. The van der Waals surface area contributed by atoms with E-state index in [1.165, 1.54) is 11.1 Å². The number of para-hydroxylation sites is 1. The minimum absolute atomic E-state index is 0.126. The van der Waals surface area contributed by atoms with E-state index < -0.39 is 0 Å². The molecule has 2 aromatic carbocycles. The number of nitro groups is 1. The van der Waals surface area contributed by atoms with Crippen molar-refractivity contribution in [2.45, 2.75) is 40.2 Å². The van der Waals surface area contributed by atoms with Crippen molar-refractivity contribution in [2.75, 3.05) is 0 Å². The summed E-state index contributed by atoms with van der Waals surface area (Å²) in [6, 6.07) is 14.9. The quantitative estimate of drug-likeness (QED) is 0.451. The summed E-state index contributed by atoms with van der Waals surface area (Å²) < 4.78 is 0. The second kappa shape index (κ2) is 7.57. The Morgan fingerprint density at radius 1 is 0.963 bits per heavy atom. The van der Waals surface area contributed by atoms with E-state index in [4.69, 9.17) is 11.6 Å². The average molecular weight is 383 g/mol. The van der Waals surface area contributed by atoms with E-state index in [0.29, 0.717) is 12.1 Å². The molecular formula is C22H23ClN2O2. The fourth-order valence-corrected chi connectivity index (χ4v) is 4.07. The average Bonchev–Trinajstić information content (AvgIpc) is 2.65. The van der Waals surface area contributed by atoms with E-state index in [9.17, 15) is 10.1 Å². The number of rotatable bonds is 4. The largest absolute Gasteiger partial charge is 0.345 e. The molecule has 140 valence electrons. The maximum atomic E-state index is 11.4. The Labute approximate surface area is 164 Å². The summed E-state index contributed by atoms with van der Waals surface area (Å²) in [5.41, 5.74) is 6.61. The number of nitrogens with zero attached hydrogens (tertiary/aromatic N) is 2. The minimum atomic E-state index is -0.316. The van der Waals surface area contributed by atoms with Crippen LogP contribution in [0.5, 0.6) is 0 Å². The minimum Gasteiger partial charge on any atom is -0.345 e. The molecule has 1 aliphatic heterocycles. The second-order valence-electron chi connectivity index (χ2n) is 6.96. The van der Waals surface area contributed by atoms with Gasteiger partial charge in [0.05, 0.1) is 11.5 Å². The van der Waals surface area contributed by atoms with Gasteiger partial charge >= 0.3 is 0 Å². The fourth-order valence-electron chi connectivity index (χ4n) is 3.83. The molecule has 0 spiro atoms. The fraction of sp³-hybridized carbons (Fsp3) is 0.273. The van der Waals surface area contributed by atoms with Crippen LogP contribution >= 0.6 is 11.6 Å². The summed E-state index contributed by atoms with van der Waals surface area (Å²) in [6.45, 7) is 8.85. The van der Waals surface area contributed by atoms with Crippen LogP contribution in [-0.4, -0.2) is 9.82 Å². The van der Waals surface area contributed by atoms with E-state index >= 15 is 0 Å². The third-order valence-corrected chi connectivity index (χ3v) is 5.89. The highest BCUT2D eigenvalue weighted by molar-refractivity contribution is 6.31. The van der Waals surface area contributed by atoms with Gasteiger partial charge in [-0.1, -0.05) is 48.0 Å². The second-order valence-corrected chi connectivity index (χ2v) is 7.37. The summed E-state index contributed by atoms with van der Waals surface area (Å²) in [4.78, 5) is 13.2. The van der Waals surface area contributed by atoms with Gasteiger partial charge in [-0.15, -0.1) is 0 Å². The van der Waals surface area contributed by atoms with Crippen molar-refractivity contribution in [3.8, 4) is 0 Å². The molecule has 0 radical (unpaired) electrons. The van der Waals surface area contributed by atoms with Crippen LogP contribution in [0.3, 0.4) is 0 Å². The van der Waals surface area contributed by atoms with Gasteiger partial charge < -0.3 is 4.90 Å². The van der Waals surface area contributed by atoms with Crippen molar-refractivity contribution in [2.24, 2.45) is 0 Å². The molecule has 1 heterocycles. The van der Waals surface area contributed by atoms with Crippen LogP contribution in [0.1, 0.15) is 44.7 Å². The number of halogens is 1. The van der Waals surface area contributed by atoms with Crippen LogP contribution in [0, 0.1) is 10.1 Å². The Bertz CT molecular complexity index is 936. The first-order valence-corrected chi connectivity index (χ1v) is 9.29. The molecule has 0 saturated heterocycles. The molecule has 0 atom stereocenters. The predicted octanol–water partition coefficient (Wildman–Crippen LogP) is 6.44. The highest BCUT2D eigenvalue weighted by Gasteiger charge is 2.30. The van der Waals surface area contributed by atoms with Gasteiger partial charge in [0.25, 0.3) is 5.69 Å². The molecule has 0 saturated carbocycles. The Kier molecular flexibility index (Phi) is 5.38. The lowest BCUT2D eigenvalue weighted by atomic mass is 9.81. The Morgan fingerprint density at radius 3 is 2.11 bits per heavy atom. The topological polar surface area (TPSA) is 46.4 Å². The van der Waals surface area contributed by atoms with Crippen molar-refractivity contribution in [1.29, 1.82) is 0 Å². The molecule has 1 aliphatic rings. The van der Waals surface area contributed by atoms with E-state index in [0.717, 1.165) is 22.0 Å². The van der Waals surface area contributed by atoms with Crippen LogP contribution in [0.25, 0.3) is 0 Å². The molecule has 3 rings (SSSR count). The molecular weight excluding hydrogens is 360 g/mol. The zero-order valence-corrected chi connectivity index (χ0v) is 16.7. The summed E-state index contributed by atoms with van der Waals surface area (Å²) >= 11 is 6.47. The standard InChI is InChI=1S/C22H23ClN2O2/c1-14-16(3)24(13-18-9-5-8-12-21(18)25(26)27)17(4)15(2)22(14)19-10-6-7-11-20(19)23/h5-12,22H,13H2,1-4H3. The lowest BCUT2D eigenvalue weighted by Crippen LogP contribution is -2.28. The van der Waals surface area contributed by atoms with Crippen molar-refractivity contribution in [3.05, 3.63) is 97.3 Å². The first-order valence-electron chi connectivity index (χ1n) is 8.92. The van der Waals surface area contributed by atoms with E-state index in [-0.39, 0.29) is 16.5 Å². The van der Waals surface area contributed by atoms with Crippen molar-refractivity contribution in [1.82, 2.24) is 4.90 Å².